The molecule has 80 heavy (non-hydrogen) atoms. The van der Waals surface area contributed by atoms with Crippen LogP contribution in [0.2, 0.25) is 0 Å². The molecule has 6 aromatic carbocycles. The number of piperazine rings is 2. The summed E-state index contributed by atoms with van der Waals surface area (Å²) in [7, 11) is 4.35. The number of aromatic hydroxyl groups is 1. The number of hydrogen-bond donors (Lipinski definition) is 1. The minimum atomic E-state index is -0.260. The zero-order valence-electron chi connectivity index (χ0n) is 46.1. The maximum absolute atomic E-state index is 12.5. The molecule has 1 atom stereocenters. The molecule has 1 unspecified atom stereocenters. The number of carbonyl (C=O) groups is 2. The molecule has 9 aromatic rings. The van der Waals surface area contributed by atoms with Crippen molar-refractivity contribution in [3.05, 3.63) is 126 Å². The molecule has 3 fully saturated rings. The second kappa shape index (κ2) is 28.3. The first-order valence-corrected chi connectivity index (χ1v) is 27.5. The normalized spacial score (nSPS) is 16.2. The minimum absolute atomic E-state index is 0.000173. The Balaban J connectivity index is 0.000000155. The van der Waals surface area contributed by atoms with Crippen LogP contribution in [0, 0.1) is 0 Å². The van der Waals surface area contributed by atoms with E-state index in [4.69, 9.17) is 41.9 Å². The van der Waals surface area contributed by atoms with E-state index in [1.54, 1.807) is 18.4 Å². The van der Waals surface area contributed by atoms with Gasteiger partial charge >= 0.3 is 12.3 Å². The molecule has 12 rings (SSSR count). The van der Waals surface area contributed by atoms with E-state index in [1.165, 1.54) is 32.7 Å². The number of aryl methyl sites for hydroxylation is 2. The van der Waals surface area contributed by atoms with Gasteiger partial charge in [-0.25, -0.2) is 0 Å². The number of likely N-dealkylation sites (N-methyl/N-ethyl adjacent to an activating group) is 2. The number of carbonyl (C=O) groups excluding carboxylic acids is 6. The number of ether oxygens (including phenoxy) is 2. The maximum Gasteiger partial charge on any atom is 0.373 e. The van der Waals surface area contributed by atoms with Gasteiger partial charge in [-0.1, -0.05) is 44.9 Å². The topological polar surface area (TPSA) is 193 Å². The molecule has 0 bridgehead atoms. The van der Waals surface area contributed by atoms with E-state index in [1.807, 2.05) is 48.9 Å². The highest BCUT2D eigenvalue weighted by Crippen LogP contribution is 2.40. The lowest BCUT2D eigenvalue weighted by molar-refractivity contribution is -0.193. The summed E-state index contributed by atoms with van der Waals surface area (Å²) in [4.78, 5) is 66.3. The minimum Gasteiger partial charge on any atom is -0.508 e. The molecule has 0 amide bonds. The van der Waals surface area contributed by atoms with E-state index < -0.39 is 0 Å². The van der Waals surface area contributed by atoms with E-state index in [-0.39, 0.29) is 36.2 Å². The molecule has 5 heterocycles. The Morgan fingerprint density at radius 1 is 0.550 bits per heavy atom. The van der Waals surface area contributed by atoms with Gasteiger partial charge in [-0.05, 0) is 150 Å². The standard InChI is InChI=1S/C25H28N2O4.C22H28N2O2.C15H14O2.2CO2/c1-26-8-10-27(11-9-26)12-13-30-19-4-6-20-17(14-19)2-7-24-25(20)22(16-31-24)21-5-3-18(28)15-23(21)29;1-3-4-18-16-26-21-8-5-17-15-19(6-7-20(17)22(18)21)25-14-13-24-11-9-23(2)10-12-24;1-2-3-11-9-17-14-7-4-10-8-12(16)5-6-13(10)15(11)14;2*2-1-3/h2,4,6-7,14,16,21H,3,5,8-13,15H2,1H3;5-8,15-16H,3-4,9-14H2,1-2H3;4-9,16H,2-3H2,1H3;;. The van der Waals surface area contributed by atoms with Crippen molar-refractivity contribution in [3.8, 4) is 17.2 Å². The lowest BCUT2D eigenvalue weighted by Crippen LogP contribution is -2.45. The van der Waals surface area contributed by atoms with Gasteiger partial charge in [0.15, 0.2) is 0 Å². The number of hydrogen-bond acceptors (Lipinski definition) is 16. The Hall–Kier alpha value is -7.94. The number of phenols is 1. The molecule has 3 aromatic heterocycles. The van der Waals surface area contributed by atoms with Crippen LogP contribution in [0.3, 0.4) is 0 Å². The van der Waals surface area contributed by atoms with Crippen LogP contribution in [-0.2, 0) is 41.6 Å². The average molecular weight is 1090 g/mol. The third-order valence-electron chi connectivity index (χ3n) is 15.2. The van der Waals surface area contributed by atoms with Crippen molar-refractivity contribution in [1.82, 2.24) is 19.6 Å². The summed E-state index contributed by atoms with van der Waals surface area (Å²) >= 11 is 0. The Labute approximate surface area is 464 Å². The SMILES string of the molecule is CCCc1coc2ccc3cc(O)ccc3c12.CCCc1coc2ccc3cc(OCCN4CCN(C)CC4)ccc3c12.CN1CCN(CCOc2ccc3c(ccc4occ(C5CCC(=O)CC5=O)c43)c2)CC1.O=C=O.O=C=O. The highest BCUT2D eigenvalue weighted by atomic mass is 16.5. The molecule has 2 saturated heterocycles. The van der Waals surface area contributed by atoms with Crippen molar-refractivity contribution >= 4 is 89.1 Å². The lowest BCUT2D eigenvalue weighted by atomic mass is 9.81. The van der Waals surface area contributed by atoms with Gasteiger partial charge < -0.3 is 37.6 Å². The molecule has 3 aliphatic rings. The van der Waals surface area contributed by atoms with Crippen LogP contribution >= 0.6 is 0 Å². The van der Waals surface area contributed by atoms with E-state index in [0.29, 0.717) is 25.2 Å². The summed E-state index contributed by atoms with van der Waals surface area (Å²) in [5.41, 5.74) is 6.13. The molecule has 1 saturated carbocycles. The Morgan fingerprint density at radius 3 is 1.44 bits per heavy atom. The van der Waals surface area contributed by atoms with Crippen LogP contribution < -0.4 is 9.47 Å². The number of nitrogens with zero attached hydrogens (tertiary/aromatic N) is 4. The zero-order valence-corrected chi connectivity index (χ0v) is 46.1. The molecular formula is C64H70N4O12. The Bertz CT molecular complexity index is 3590. The summed E-state index contributed by atoms with van der Waals surface area (Å²) in [5, 5.41) is 19.7. The second-order valence-corrected chi connectivity index (χ2v) is 20.6. The molecule has 418 valence electrons. The van der Waals surface area contributed by atoms with Crippen molar-refractivity contribution in [2.45, 2.75) is 64.7 Å². The predicted octanol–water partition coefficient (Wildman–Crippen LogP) is 10.9. The fourth-order valence-electron chi connectivity index (χ4n) is 11.0. The summed E-state index contributed by atoms with van der Waals surface area (Å²) in [5.74, 6) is 1.88. The second-order valence-electron chi connectivity index (χ2n) is 20.6. The van der Waals surface area contributed by atoms with Crippen LogP contribution in [0.15, 0.2) is 123 Å². The fourth-order valence-corrected chi connectivity index (χ4v) is 11.0. The summed E-state index contributed by atoms with van der Waals surface area (Å²) in [6.07, 6.45) is 11.3. The highest BCUT2D eigenvalue weighted by Gasteiger charge is 2.31. The third kappa shape index (κ3) is 14.5. The molecule has 1 aliphatic carbocycles. The van der Waals surface area contributed by atoms with Gasteiger partial charge in [0.2, 0.25) is 0 Å². The smallest absolute Gasteiger partial charge is 0.373 e. The molecule has 1 N–H and O–H groups in total. The zero-order chi connectivity index (χ0) is 56.5. The molecular weight excluding hydrogens is 1020 g/mol. The van der Waals surface area contributed by atoms with Crippen LogP contribution in [0.1, 0.15) is 68.6 Å². The summed E-state index contributed by atoms with van der Waals surface area (Å²) < 4.78 is 29.2. The number of furan rings is 3. The molecule has 16 heteroatoms. The third-order valence-corrected chi connectivity index (χ3v) is 15.2. The number of ketones is 2. The van der Waals surface area contributed by atoms with Crippen molar-refractivity contribution in [2.75, 3.05) is 92.8 Å². The highest BCUT2D eigenvalue weighted by molar-refractivity contribution is 6.12. The largest absolute Gasteiger partial charge is 0.508 e. The Kier molecular flexibility index (Phi) is 20.6. The fraction of sp³-hybridized carbons (Fsp3) is 0.375. The van der Waals surface area contributed by atoms with Crippen molar-refractivity contribution in [2.24, 2.45) is 0 Å². The number of fused-ring (bicyclic) bond motifs is 9. The van der Waals surface area contributed by atoms with Gasteiger partial charge in [-0.15, -0.1) is 0 Å². The van der Waals surface area contributed by atoms with Gasteiger partial charge in [0.1, 0.15) is 58.8 Å². The number of benzene rings is 6. The van der Waals surface area contributed by atoms with Gasteiger partial charge in [0.25, 0.3) is 0 Å². The van der Waals surface area contributed by atoms with Crippen molar-refractivity contribution in [1.29, 1.82) is 0 Å². The first kappa shape index (κ1) is 58.2. The lowest BCUT2D eigenvalue weighted by Gasteiger charge is -2.32. The predicted molar refractivity (Wildman–Crippen MR) is 306 cm³/mol. The Morgan fingerprint density at radius 2 is 0.975 bits per heavy atom. The molecule has 0 spiro atoms. The van der Waals surface area contributed by atoms with E-state index >= 15 is 0 Å². The van der Waals surface area contributed by atoms with E-state index in [0.717, 1.165) is 158 Å². The van der Waals surface area contributed by atoms with Crippen LogP contribution in [-0.4, -0.2) is 141 Å². The van der Waals surface area contributed by atoms with Crippen molar-refractivity contribution < 1.29 is 56.6 Å². The van der Waals surface area contributed by atoms with E-state index in [9.17, 15) is 14.7 Å². The van der Waals surface area contributed by atoms with Crippen LogP contribution in [0.4, 0.5) is 0 Å². The first-order chi connectivity index (χ1) is 38.9. The quantitative estimate of drug-likeness (QED) is 0.107. The molecule has 16 nitrogen and oxygen atoms in total. The number of rotatable bonds is 13. The van der Waals surface area contributed by atoms with Crippen LogP contribution in [0.5, 0.6) is 17.2 Å². The molecule has 2 aliphatic heterocycles. The van der Waals surface area contributed by atoms with E-state index in [2.05, 4.69) is 90.0 Å². The van der Waals surface area contributed by atoms with Gasteiger partial charge in [-0.2, -0.15) is 19.2 Å². The number of phenolic OH excluding ortho intramolecular Hbond substituents is 1. The number of Topliss-reactive ketones (excluding diaryl/α,β-unsaturated/α-hetero) is 2. The van der Waals surface area contributed by atoms with Gasteiger partial charge in [0.05, 0.1) is 25.2 Å². The summed E-state index contributed by atoms with van der Waals surface area (Å²) in [6.45, 7) is 16.7. The maximum atomic E-state index is 12.5. The van der Waals surface area contributed by atoms with Gasteiger partial charge in [0, 0.05) is 99.5 Å². The van der Waals surface area contributed by atoms with Gasteiger partial charge in [-0.3, -0.25) is 19.4 Å². The van der Waals surface area contributed by atoms with Crippen LogP contribution in [0.25, 0.3) is 65.2 Å². The first-order valence-electron chi connectivity index (χ1n) is 27.5. The molecule has 0 radical (unpaired) electrons. The summed E-state index contributed by atoms with van der Waals surface area (Å²) in [6, 6.07) is 30.1. The monoisotopic (exact) mass is 1090 g/mol. The van der Waals surface area contributed by atoms with Crippen molar-refractivity contribution in [3.63, 3.8) is 0 Å². The average Bonchev–Trinajstić information content (AvgIpc) is 4.34.